The van der Waals surface area contributed by atoms with Crippen LogP contribution in [0.25, 0.3) is 22.0 Å². The topological polar surface area (TPSA) is 51.8 Å². The van der Waals surface area contributed by atoms with Crippen LogP contribution in [0.3, 0.4) is 0 Å². The third-order valence-corrected chi connectivity index (χ3v) is 5.34. The summed E-state index contributed by atoms with van der Waals surface area (Å²) in [4.78, 5) is 9.31. The number of aryl methyl sites for hydroxylation is 2. The van der Waals surface area contributed by atoms with Crippen LogP contribution in [0.1, 0.15) is 44.5 Å². The van der Waals surface area contributed by atoms with Gasteiger partial charge in [0.15, 0.2) is 0 Å². The molecule has 1 heterocycles. The van der Waals surface area contributed by atoms with Crippen LogP contribution in [-0.4, -0.2) is 15.5 Å². The van der Waals surface area contributed by atoms with Gasteiger partial charge in [0.2, 0.25) is 0 Å². The molecule has 0 radical (unpaired) electrons. The minimum Gasteiger partial charge on any atom is -0.325 e. The molecule has 0 amide bonds. The van der Waals surface area contributed by atoms with Gasteiger partial charge in [-0.25, -0.2) is 9.97 Å². The van der Waals surface area contributed by atoms with E-state index in [-0.39, 0.29) is 5.54 Å². The molecule has 3 rings (SSSR count). The lowest BCUT2D eigenvalue weighted by molar-refractivity contribution is 0.364. The average molecular weight is 333 g/mol. The van der Waals surface area contributed by atoms with Crippen LogP contribution >= 0.6 is 0 Å². The van der Waals surface area contributed by atoms with Gasteiger partial charge in [0, 0.05) is 23.5 Å². The van der Waals surface area contributed by atoms with Crippen molar-refractivity contribution in [3.8, 4) is 11.1 Å². The van der Waals surface area contributed by atoms with E-state index in [1.54, 1.807) is 0 Å². The van der Waals surface area contributed by atoms with Gasteiger partial charge in [0.25, 0.3) is 0 Å². The summed E-state index contributed by atoms with van der Waals surface area (Å²) in [7, 11) is 0. The van der Waals surface area contributed by atoms with E-state index in [4.69, 9.17) is 10.7 Å². The first-order valence-electron chi connectivity index (χ1n) is 9.15. The second kappa shape index (κ2) is 7.32. The van der Waals surface area contributed by atoms with Gasteiger partial charge in [-0.2, -0.15) is 0 Å². The zero-order valence-corrected chi connectivity index (χ0v) is 15.4. The highest BCUT2D eigenvalue weighted by atomic mass is 14.9. The summed E-state index contributed by atoms with van der Waals surface area (Å²) in [6.45, 7) is 6.44. The van der Waals surface area contributed by atoms with Crippen molar-refractivity contribution in [1.82, 2.24) is 9.97 Å². The van der Waals surface area contributed by atoms with Crippen LogP contribution in [0.4, 0.5) is 0 Å². The molecule has 0 aliphatic rings. The molecule has 0 fully saturated rings. The smallest absolute Gasteiger partial charge is 0.129 e. The molecule has 130 valence electrons. The van der Waals surface area contributed by atoms with Gasteiger partial charge in [-0.05, 0) is 55.0 Å². The summed E-state index contributed by atoms with van der Waals surface area (Å²) in [6.07, 6.45) is 5.66. The predicted molar refractivity (Wildman–Crippen MR) is 106 cm³/mol. The van der Waals surface area contributed by atoms with Crippen molar-refractivity contribution in [2.75, 3.05) is 0 Å². The van der Waals surface area contributed by atoms with Crippen LogP contribution < -0.4 is 5.73 Å². The van der Waals surface area contributed by atoms with E-state index in [0.717, 1.165) is 42.4 Å². The summed E-state index contributed by atoms with van der Waals surface area (Å²) in [5, 5.41) is 1.08. The summed E-state index contributed by atoms with van der Waals surface area (Å²) in [5.41, 5.74) is 11.0. The molecule has 25 heavy (non-hydrogen) atoms. The van der Waals surface area contributed by atoms with E-state index < -0.39 is 0 Å². The fraction of sp³-hybridized carbons (Fsp3) is 0.364. The second-order valence-electron chi connectivity index (χ2n) is 6.94. The predicted octanol–water partition coefficient (Wildman–Crippen LogP) is 5.06. The number of nitrogens with zero attached hydrogens (tertiary/aromatic N) is 2. The molecule has 2 N–H and O–H groups in total. The number of hydrogen-bond acceptors (Lipinski definition) is 3. The zero-order chi connectivity index (χ0) is 17.9. The Hall–Kier alpha value is -2.26. The number of hydrogen-bond donors (Lipinski definition) is 1. The van der Waals surface area contributed by atoms with Crippen molar-refractivity contribution in [2.45, 2.75) is 52.0 Å². The zero-order valence-electron chi connectivity index (χ0n) is 15.4. The monoisotopic (exact) mass is 333 g/mol. The molecule has 1 aromatic heterocycles. The van der Waals surface area contributed by atoms with Gasteiger partial charge < -0.3 is 5.73 Å². The maximum atomic E-state index is 6.40. The second-order valence-corrected chi connectivity index (χ2v) is 6.94. The molecule has 0 atom stereocenters. The Morgan fingerprint density at radius 2 is 1.80 bits per heavy atom. The Balaban J connectivity index is 1.85. The lowest BCUT2D eigenvalue weighted by atomic mass is 9.89. The van der Waals surface area contributed by atoms with E-state index in [1.165, 1.54) is 16.7 Å². The van der Waals surface area contributed by atoms with Crippen LogP contribution in [0.5, 0.6) is 0 Å². The first kappa shape index (κ1) is 17.6. The highest BCUT2D eigenvalue weighted by Gasteiger charge is 2.20. The van der Waals surface area contributed by atoms with E-state index in [9.17, 15) is 0 Å². The van der Waals surface area contributed by atoms with Crippen molar-refractivity contribution < 1.29 is 0 Å². The lowest BCUT2D eigenvalue weighted by Crippen LogP contribution is -2.38. The van der Waals surface area contributed by atoms with E-state index in [0.29, 0.717) is 0 Å². The van der Waals surface area contributed by atoms with Crippen molar-refractivity contribution in [3.63, 3.8) is 0 Å². The Kier molecular flexibility index (Phi) is 5.14. The van der Waals surface area contributed by atoms with Crippen molar-refractivity contribution in [2.24, 2.45) is 5.73 Å². The number of benzene rings is 2. The lowest BCUT2D eigenvalue weighted by Gasteiger charge is -2.26. The van der Waals surface area contributed by atoms with E-state index in [1.807, 2.05) is 6.20 Å². The molecule has 0 aliphatic heterocycles. The SMILES string of the molecule is CCC(N)(CC)CCc1ncc2cc(-c3ccccc3C)ccc2n1. The number of rotatable bonds is 6. The third kappa shape index (κ3) is 3.88. The molecule has 0 saturated carbocycles. The highest BCUT2D eigenvalue weighted by Crippen LogP contribution is 2.26. The van der Waals surface area contributed by atoms with Crippen LogP contribution in [0.2, 0.25) is 0 Å². The normalized spacial score (nSPS) is 11.8. The molecule has 3 heteroatoms. The van der Waals surface area contributed by atoms with Gasteiger partial charge in [-0.15, -0.1) is 0 Å². The van der Waals surface area contributed by atoms with Crippen LogP contribution in [-0.2, 0) is 6.42 Å². The summed E-state index contributed by atoms with van der Waals surface area (Å²) < 4.78 is 0. The Bertz CT molecular complexity index is 866. The standard InChI is InChI=1S/C22H27N3/c1-4-22(23,5-2)13-12-21-24-15-18-14-17(10-11-20(18)25-21)19-9-7-6-8-16(19)3/h6-11,14-15H,4-5,12-13,23H2,1-3H3. The molecule has 0 aliphatic carbocycles. The third-order valence-electron chi connectivity index (χ3n) is 5.34. The van der Waals surface area contributed by atoms with Crippen LogP contribution in [0.15, 0.2) is 48.7 Å². The maximum absolute atomic E-state index is 6.40. The molecular formula is C22H27N3. The summed E-state index contributed by atoms with van der Waals surface area (Å²) in [6, 6.07) is 14.9. The molecule has 3 aromatic rings. The largest absolute Gasteiger partial charge is 0.325 e. The van der Waals surface area contributed by atoms with E-state index >= 15 is 0 Å². The Morgan fingerprint density at radius 3 is 2.52 bits per heavy atom. The minimum atomic E-state index is -0.104. The number of nitrogens with two attached hydrogens (primary N) is 1. The fourth-order valence-corrected chi connectivity index (χ4v) is 3.22. The fourth-order valence-electron chi connectivity index (χ4n) is 3.22. The number of aromatic nitrogens is 2. The van der Waals surface area contributed by atoms with Gasteiger partial charge in [0.1, 0.15) is 5.82 Å². The maximum Gasteiger partial charge on any atom is 0.129 e. The van der Waals surface area contributed by atoms with Crippen molar-refractivity contribution in [1.29, 1.82) is 0 Å². The molecule has 0 bridgehead atoms. The Labute approximate surface area is 150 Å². The molecule has 0 spiro atoms. The van der Waals surface area contributed by atoms with Crippen molar-refractivity contribution in [3.05, 3.63) is 60.0 Å². The number of fused-ring (bicyclic) bond motifs is 1. The van der Waals surface area contributed by atoms with E-state index in [2.05, 4.69) is 68.2 Å². The molecular weight excluding hydrogens is 306 g/mol. The van der Waals surface area contributed by atoms with Gasteiger partial charge >= 0.3 is 0 Å². The van der Waals surface area contributed by atoms with Crippen LogP contribution in [0, 0.1) is 6.92 Å². The van der Waals surface area contributed by atoms with Gasteiger partial charge in [-0.1, -0.05) is 44.2 Å². The molecule has 3 nitrogen and oxygen atoms in total. The Morgan fingerprint density at radius 1 is 1.04 bits per heavy atom. The first-order valence-corrected chi connectivity index (χ1v) is 9.15. The highest BCUT2D eigenvalue weighted by molar-refractivity contribution is 5.84. The van der Waals surface area contributed by atoms with Gasteiger partial charge in [-0.3, -0.25) is 0 Å². The summed E-state index contributed by atoms with van der Waals surface area (Å²) >= 11 is 0. The first-order chi connectivity index (χ1) is 12.0. The molecule has 0 saturated heterocycles. The molecule has 0 unspecified atom stereocenters. The van der Waals surface area contributed by atoms with Gasteiger partial charge in [0.05, 0.1) is 5.52 Å². The van der Waals surface area contributed by atoms with Crippen molar-refractivity contribution >= 4 is 10.9 Å². The quantitative estimate of drug-likeness (QED) is 0.686. The summed E-state index contributed by atoms with van der Waals surface area (Å²) in [5.74, 6) is 0.882. The minimum absolute atomic E-state index is 0.104. The molecule has 2 aromatic carbocycles. The average Bonchev–Trinajstić information content (AvgIpc) is 2.66.